The van der Waals surface area contributed by atoms with E-state index in [2.05, 4.69) is 20.0 Å². The predicted molar refractivity (Wildman–Crippen MR) is 95.4 cm³/mol. The topological polar surface area (TPSA) is 96.1 Å². The molecule has 1 aliphatic heterocycles. The molecule has 3 rings (SSSR count). The molecule has 1 aliphatic rings. The summed E-state index contributed by atoms with van der Waals surface area (Å²) < 4.78 is 33.3. The second kappa shape index (κ2) is 7.55. The number of aromatic nitrogens is 2. The van der Waals surface area contributed by atoms with Crippen LogP contribution >= 0.6 is 24.0 Å². The quantitative estimate of drug-likeness (QED) is 0.692. The van der Waals surface area contributed by atoms with E-state index >= 15 is 0 Å². The van der Waals surface area contributed by atoms with Gasteiger partial charge in [0.05, 0.1) is 22.6 Å². The lowest BCUT2D eigenvalue weighted by atomic mass is 9.99. The van der Waals surface area contributed by atoms with Gasteiger partial charge in [0, 0.05) is 26.0 Å². The van der Waals surface area contributed by atoms with Gasteiger partial charge < -0.3 is 15.0 Å². The summed E-state index contributed by atoms with van der Waals surface area (Å²) in [6, 6.07) is 1.57. The first-order valence-corrected chi connectivity index (χ1v) is 9.19. The first kappa shape index (κ1) is 19.4. The van der Waals surface area contributed by atoms with E-state index in [9.17, 15) is 8.42 Å². The van der Waals surface area contributed by atoms with E-state index in [0.717, 1.165) is 19.4 Å². The van der Waals surface area contributed by atoms with E-state index in [1.54, 1.807) is 13.2 Å². The van der Waals surface area contributed by atoms with Crippen LogP contribution in [0.5, 0.6) is 0 Å². The van der Waals surface area contributed by atoms with Crippen molar-refractivity contribution < 1.29 is 13.2 Å². The summed E-state index contributed by atoms with van der Waals surface area (Å²) in [6.07, 6.45) is 4.80. The fourth-order valence-electron chi connectivity index (χ4n) is 2.98. The van der Waals surface area contributed by atoms with Crippen LogP contribution in [0.15, 0.2) is 23.4 Å². The zero-order chi connectivity index (χ0) is 16.5. The molecule has 2 aromatic rings. The average Bonchev–Trinajstić information content (AvgIpc) is 3.14. The molecule has 10 heteroatoms. The summed E-state index contributed by atoms with van der Waals surface area (Å²) in [5.74, 6) is 0. The molecule has 0 bridgehead atoms. The average molecular weight is 395 g/mol. The Hall–Kier alpha value is -0.900. The molecule has 1 saturated heterocycles. The third-order valence-corrected chi connectivity index (χ3v) is 5.87. The van der Waals surface area contributed by atoms with Crippen LogP contribution in [0.2, 0.25) is 5.02 Å². The molecule has 0 saturated carbocycles. The molecule has 0 aliphatic carbocycles. The summed E-state index contributed by atoms with van der Waals surface area (Å²) in [7, 11) is -2.10. The Balaban J connectivity index is 0.00000208. The van der Waals surface area contributed by atoms with E-state index in [1.165, 1.54) is 12.4 Å². The van der Waals surface area contributed by atoms with Crippen LogP contribution in [-0.2, 0) is 14.8 Å². The lowest BCUT2D eigenvalue weighted by molar-refractivity contribution is 0.122. The van der Waals surface area contributed by atoms with E-state index in [-0.39, 0.29) is 29.4 Å². The van der Waals surface area contributed by atoms with Crippen molar-refractivity contribution >= 4 is 45.1 Å². The van der Waals surface area contributed by atoms with Gasteiger partial charge in [0.15, 0.2) is 0 Å². The molecule has 1 atom stereocenters. The monoisotopic (exact) mass is 394 g/mol. The zero-order valence-corrected chi connectivity index (χ0v) is 15.5. The van der Waals surface area contributed by atoms with Gasteiger partial charge in [-0.3, -0.25) is 0 Å². The molecular formula is C14H20Cl2N4O3S. The summed E-state index contributed by atoms with van der Waals surface area (Å²) in [4.78, 5) is 7.04. The molecule has 2 aromatic heterocycles. The fourth-order valence-corrected chi connectivity index (χ4v) is 4.60. The number of hydrogen-bond acceptors (Lipinski definition) is 5. The highest BCUT2D eigenvalue weighted by Crippen LogP contribution is 2.28. The van der Waals surface area contributed by atoms with Crippen LogP contribution in [0, 0.1) is 0 Å². The number of nitrogens with zero attached hydrogens (tertiary/aromatic N) is 1. The number of rotatable bonds is 6. The van der Waals surface area contributed by atoms with Crippen molar-refractivity contribution in [3.63, 3.8) is 0 Å². The summed E-state index contributed by atoms with van der Waals surface area (Å²) in [5.41, 5.74) is 0.0826. The smallest absolute Gasteiger partial charge is 0.242 e. The number of halogens is 2. The molecule has 7 nitrogen and oxygen atoms in total. The maximum absolute atomic E-state index is 12.7. The largest absolute Gasteiger partial charge is 0.383 e. The number of hydrogen-bond donors (Lipinski definition) is 3. The SMILES string of the molecule is COCC1(CNS(=O)(=O)c2c[nH]c3nccc(Cl)c23)CCCN1.Cl. The van der Waals surface area contributed by atoms with Crippen molar-refractivity contribution in [3.05, 3.63) is 23.5 Å². The van der Waals surface area contributed by atoms with Crippen molar-refractivity contribution in [3.8, 4) is 0 Å². The second-order valence-electron chi connectivity index (χ2n) is 5.74. The van der Waals surface area contributed by atoms with E-state index < -0.39 is 10.0 Å². The van der Waals surface area contributed by atoms with Gasteiger partial charge in [-0.1, -0.05) is 11.6 Å². The second-order valence-corrected chi connectivity index (χ2v) is 7.88. The lowest BCUT2D eigenvalue weighted by Crippen LogP contribution is -2.52. The van der Waals surface area contributed by atoms with Gasteiger partial charge in [-0.2, -0.15) is 0 Å². The minimum atomic E-state index is -3.71. The van der Waals surface area contributed by atoms with Crippen molar-refractivity contribution in [2.24, 2.45) is 0 Å². The molecule has 3 N–H and O–H groups in total. The highest BCUT2D eigenvalue weighted by atomic mass is 35.5. The Kier molecular flexibility index (Phi) is 6.11. The Bertz CT molecular complexity index is 803. The molecule has 24 heavy (non-hydrogen) atoms. The van der Waals surface area contributed by atoms with Crippen LogP contribution in [0.1, 0.15) is 12.8 Å². The Labute approximate surface area is 152 Å². The molecular weight excluding hydrogens is 375 g/mol. The Morgan fingerprint density at radius 2 is 2.29 bits per heavy atom. The number of fused-ring (bicyclic) bond motifs is 1. The molecule has 134 valence electrons. The Morgan fingerprint density at radius 3 is 2.96 bits per heavy atom. The third kappa shape index (κ3) is 3.68. The molecule has 0 aromatic carbocycles. The van der Waals surface area contributed by atoms with Crippen molar-refractivity contribution in [1.82, 2.24) is 20.0 Å². The van der Waals surface area contributed by atoms with E-state index in [4.69, 9.17) is 16.3 Å². The van der Waals surface area contributed by atoms with Crippen LogP contribution in [-0.4, -0.2) is 50.7 Å². The zero-order valence-electron chi connectivity index (χ0n) is 13.1. The minimum absolute atomic E-state index is 0. The first-order chi connectivity index (χ1) is 11.0. The first-order valence-electron chi connectivity index (χ1n) is 7.33. The number of pyridine rings is 1. The molecule has 0 amide bonds. The van der Waals surface area contributed by atoms with Crippen LogP contribution < -0.4 is 10.0 Å². The highest BCUT2D eigenvalue weighted by Gasteiger charge is 2.35. The number of sulfonamides is 1. The highest BCUT2D eigenvalue weighted by molar-refractivity contribution is 7.89. The number of methoxy groups -OCH3 is 1. The van der Waals surface area contributed by atoms with Gasteiger partial charge in [-0.15, -0.1) is 12.4 Å². The normalized spacial score (nSPS) is 21.1. The molecule has 0 spiro atoms. The van der Waals surface area contributed by atoms with Gasteiger partial charge in [0.2, 0.25) is 10.0 Å². The number of ether oxygens (including phenoxy) is 1. The maximum Gasteiger partial charge on any atom is 0.242 e. The molecule has 1 fully saturated rings. The van der Waals surface area contributed by atoms with Crippen molar-refractivity contribution in [2.45, 2.75) is 23.3 Å². The van der Waals surface area contributed by atoms with Gasteiger partial charge in [0.25, 0.3) is 0 Å². The number of aromatic amines is 1. The molecule has 3 heterocycles. The fraction of sp³-hybridized carbons (Fsp3) is 0.500. The van der Waals surface area contributed by atoms with Crippen LogP contribution in [0.25, 0.3) is 11.0 Å². The lowest BCUT2D eigenvalue weighted by Gasteiger charge is -2.28. The van der Waals surface area contributed by atoms with E-state index in [0.29, 0.717) is 22.7 Å². The van der Waals surface area contributed by atoms with Crippen LogP contribution in [0.3, 0.4) is 0 Å². The van der Waals surface area contributed by atoms with Gasteiger partial charge in [-0.05, 0) is 25.5 Å². The maximum atomic E-state index is 12.7. The number of nitrogens with one attached hydrogen (secondary N) is 3. The van der Waals surface area contributed by atoms with Gasteiger partial charge in [0.1, 0.15) is 10.5 Å². The molecule has 1 unspecified atom stereocenters. The summed E-state index contributed by atoms with van der Waals surface area (Å²) in [5, 5.41) is 4.09. The van der Waals surface area contributed by atoms with Gasteiger partial charge >= 0.3 is 0 Å². The summed E-state index contributed by atoms with van der Waals surface area (Å²) in [6.45, 7) is 1.56. The van der Waals surface area contributed by atoms with Gasteiger partial charge in [-0.25, -0.2) is 18.1 Å². The predicted octanol–water partition coefficient (Wildman–Crippen LogP) is 1.68. The standard InChI is InChI=1S/C14H19ClN4O3S.ClH/c1-22-9-14(4-2-5-18-14)8-19-23(20,21)11-7-17-13-12(11)10(15)3-6-16-13;/h3,6-7,18-19H,2,4-5,8-9H2,1H3,(H,16,17);1H. The number of H-pyrrole nitrogens is 1. The Morgan fingerprint density at radius 1 is 1.50 bits per heavy atom. The van der Waals surface area contributed by atoms with Crippen molar-refractivity contribution in [2.75, 3.05) is 26.8 Å². The van der Waals surface area contributed by atoms with Crippen molar-refractivity contribution in [1.29, 1.82) is 0 Å². The molecule has 0 radical (unpaired) electrons. The van der Waals surface area contributed by atoms with E-state index in [1.807, 2.05) is 0 Å². The minimum Gasteiger partial charge on any atom is -0.383 e. The summed E-state index contributed by atoms with van der Waals surface area (Å²) >= 11 is 6.13. The third-order valence-electron chi connectivity index (χ3n) is 4.13. The van der Waals surface area contributed by atoms with Crippen LogP contribution in [0.4, 0.5) is 0 Å².